The molecule has 0 amide bonds. The van der Waals surface area contributed by atoms with E-state index in [1.807, 2.05) is 11.8 Å². The Labute approximate surface area is 85.7 Å². The summed E-state index contributed by atoms with van der Waals surface area (Å²) in [6.07, 6.45) is 7.94. The number of allylic oxidation sites excluding steroid dienone is 1. The molecule has 1 nitrogen and oxygen atoms in total. The van der Waals surface area contributed by atoms with E-state index in [9.17, 15) is 0 Å². The summed E-state index contributed by atoms with van der Waals surface area (Å²) in [4.78, 5) is 0. The first-order valence-corrected chi connectivity index (χ1v) is 6.32. The van der Waals surface area contributed by atoms with Crippen LogP contribution in [0.5, 0.6) is 0 Å². The summed E-state index contributed by atoms with van der Waals surface area (Å²) in [6, 6.07) is 0.508. The summed E-state index contributed by atoms with van der Waals surface area (Å²) >= 11 is 1.90. The molecule has 1 N–H and O–H groups in total. The van der Waals surface area contributed by atoms with Gasteiger partial charge in [0, 0.05) is 5.70 Å². The van der Waals surface area contributed by atoms with Gasteiger partial charge in [-0.05, 0) is 36.5 Å². The van der Waals surface area contributed by atoms with E-state index < -0.39 is 0 Å². The Hall–Kier alpha value is -0.370. The van der Waals surface area contributed by atoms with Crippen molar-refractivity contribution in [1.82, 2.24) is 5.32 Å². The maximum Gasteiger partial charge on any atom is 0.0513 e. The number of thioether (sulfide) groups is 1. The molecule has 74 valence electrons. The second-order valence-corrected chi connectivity index (χ2v) is 4.46. The molecule has 1 aliphatic rings. The number of hydrogen-bond donors (Lipinski definition) is 1. The molecule has 13 heavy (non-hydrogen) atoms. The minimum absolute atomic E-state index is 0.508. The van der Waals surface area contributed by atoms with Gasteiger partial charge in [0.2, 0.25) is 0 Å². The molecule has 2 heteroatoms. The van der Waals surface area contributed by atoms with Crippen molar-refractivity contribution in [1.29, 1.82) is 0 Å². The summed E-state index contributed by atoms with van der Waals surface area (Å²) in [6.45, 7) is 6.28. The molecule has 1 aliphatic heterocycles. The van der Waals surface area contributed by atoms with E-state index in [0.717, 1.165) is 6.42 Å². The number of rotatable bonds is 5. The minimum atomic E-state index is 0.508. The van der Waals surface area contributed by atoms with Crippen molar-refractivity contribution in [3.63, 3.8) is 0 Å². The summed E-state index contributed by atoms with van der Waals surface area (Å²) < 4.78 is 0. The second-order valence-electron chi connectivity index (χ2n) is 3.47. The van der Waals surface area contributed by atoms with Gasteiger partial charge in [-0.25, -0.2) is 0 Å². The summed E-state index contributed by atoms with van der Waals surface area (Å²) in [7, 11) is 0. The normalized spacial score (nSPS) is 21.5. The number of hydrogen-bond acceptors (Lipinski definition) is 2. The average molecular weight is 197 g/mol. The van der Waals surface area contributed by atoms with E-state index in [1.165, 1.54) is 29.9 Å². The molecule has 0 aromatic rings. The van der Waals surface area contributed by atoms with Gasteiger partial charge < -0.3 is 5.32 Å². The quantitative estimate of drug-likeness (QED) is 0.727. The molecule has 0 aromatic carbocycles. The highest BCUT2D eigenvalue weighted by Gasteiger charge is 2.17. The van der Waals surface area contributed by atoms with Crippen LogP contribution in [-0.2, 0) is 0 Å². The van der Waals surface area contributed by atoms with Crippen LogP contribution in [0.4, 0.5) is 0 Å². The third-order valence-electron chi connectivity index (χ3n) is 2.30. The molecule has 1 rings (SSSR count). The Kier molecular flexibility index (Phi) is 4.43. The largest absolute Gasteiger partial charge is 0.382 e. The van der Waals surface area contributed by atoms with Gasteiger partial charge in [-0.3, -0.25) is 0 Å². The Bertz CT molecular complexity index is 208. The molecule has 0 spiro atoms. The van der Waals surface area contributed by atoms with Gasteiger partial charge in [0.05, 0.1) is 6.04 Å². The van der Waals surface area contributed by atoms with Crippen LogP contribution in [0.15, 0.2) is 23.9 Å². The zero-order valence-electron chi connectivity index (χ0n) is 8.60. The highest BCUT2D eigenvalue weighted by Crippen LogP contribution is 2.20. The van der Waals surface area contributed by atoms with Crippen LogP contribution in [-0.4, -0.2) is 18.1 Å². The van der Waals surface area contributed by atoms with Crippen molar-refractivity contribution in [3.8, 4) is 0 Å². The van der Waals surface area contributed by atoms with Crippen LogP contribution in [0, 0.1) is 0 Å². The Balaban J connectivity index is 2.35. The molecular formula is C11H19NS. The van der Waals surface area contributed by atoms with E-state index in [1.54, 1.807) is 0 Å². The smallest absolute Gasteiger partial charge is 0.0513 e. The first kappa shape index (κ1) is 10.7. The predicted molar refractivity (Wildman–Crippen MR) is 62.1 cm³/mol. The van der Waals surface area contributed by atoms with Crippen molar-refractivity contribution in [2.75, 3.05) is 12.0 Å². The maximum atomic E-state index is 4.07. The maximum absolute atomic E-state index is 4.07. The molecule has 1 atom stereocenters. The van der Waals surface area contributed by atoms with Gasteiger partial charge in [0.25, 0.3) is 0 Å². The molecule has 0 aromatic heterocycles. The van der Waals surface area contributed by atoms with E-state index in [4.69, 9.17) is 0 Å². The fourth-order valence-electron chi connectivity index (χ4n) is 1.59. The van der Waals surface area contributed by atoms with Crippen molar-refractivity contribution in [2.45, 2.75) is 32.2 Å². The summed E-state index contributed by atoms with van der Waals surface area (Å²) in [5.74, 6) is 1.21. The van der Waals surface area contributed by atoms with Gasteiger partial charge >= 0.3 is 0 Å². The van der Waals surface area contributed by atoms with Crippen LogP contribution >= 0.6 is 11.8 Å². The van der Waals surface area contributed by atoms with Crippen molar-refractivity contribution in [2.24, 2.45) is 0 Å². The number of nitrogens with one attached hydrogen (secondary N) is 1. The highest BCUT2D eigenvalue weighted by atomic mass is 32.2. The molecule has 0 bridgehead atoms. The van der Waals surface area contributed by atoms with Gasteiger partial charge in [-0.15, -0.1) is 0 Å². The van der Waals surface area contributed by atoms with E-state index in [2.05, 4.69) is 31.2 Å². The summed E-state index contributed by atoms with van der Waals surface area (Å²) in [5.41, 5.74) is 2.64. The highest BCUT2D eigenvalue weighted by molar-refractivity contribution is 7.98. The van der Waals surface area contributed by atoms with Crippen molar-refractivity contribution >= 4 is 11.8 Å². The lowest BCUT2D eigenvalue weighted by atomic mass is 10.1. The first-order valence-electron chi connectivity index (χ1n) is 4.92. The molecule has 0 fully saturated rings. The van der Waals surface area contributed by atoms with Crippen molar-refractivity contribution < 1.29 is 0 Å². The average Bonchev–Trinajstić information content (AvgIpc) is 2.44. The third kappa shape index (κ3) is 3.11. The van der Waals surface area contributed by atoms with Crippen LogP contribution in [0.2, 0.25) is 0 Å². The molecule has 0 aliphatic carbocycles. The minimum Gasteiger partial charge on any atom is -0.382 e. The summed E-state index contributed by atoms with van der Waals surface area (Å²) in [5, 5.41) is 3.52. The topological polar surface area (TPSA) is 12.0 Å². The SMILES string of the molecule is C=C1C=C(CCC)N[C@H]1CCSC. The lowest BCUT2D eigenvalue weighted by molar-refractivity contribution is 0.643. The second kappa shape index (κ2) is 5.38. The fourth-order valence-corrected chi connectivity index (χ4v) is 2.06. The molecule has 0 unspecified atom stereocenters. The lowest BCUT2D eigenvalue weighted by Gasteiger charge is -2.13. The Morgan fingerprint density at radius 2 is 2.38 bits per heavy atom. The third-order valence-corrected chi connectivity index (χ3v) is 2.94. The van der Waals surface area contributed by atoms with Gasteiger partial charge in [-0.2, -0.15) is 11.8 Å². The lowest BCUT2D eigenvalue weighted by Crippen LogP contribution is -2.24. The van der Waals surface area contributed by atoms with E-state index in [-0.39, 0.29) is 0 Å². The van der Waals surface area contributed by atoms with Gasteiger partial charge in [0.1, 0.15) is 0 Å². The van der Waals surface area contributed by atoms with Crippen molar-refractivity contribution in [3.05, 3.63) is 23.9 Å². The molecule has 0 saturated carbocycles. The monoisotopic (exact) mass is 197 g/mol. The van der Waals surface area contributed by atoms with Crippen LogP contribution in [0.1, 0.15) is 26.2 Å². The van der Waals surface area contributed by atoms with Gasteiger partial charge in [0.15, 0.2) is 0 Å². The zero-order valence-corrected chi connectivity index (χ0v) is 9.41. The van der Waals surface area contributed by atoms with Crippen LogP contribution < -0.4 is 5.32 Å². The molecule has 0 saturated heterocycles. The van der Waals surface area contributed by atoms with E-state index in [0.29, 0.717) is 6.04 Å². The molecular weight excluding hydrogens is 178 g/mol. The molecule has 1 heterocycles. The van der Waals surface area contributed by atoms with Gasteiger partial charge in [-0.1, -0.05) is 19.9 Å². The zero-order chi connectivity index (χ0) is 9.68. The van der Waals surface area contributed by atoms with E-state index >= 15 is 0 Å². The Morgan fingerprint density at radius 1 is 1.62 bits per heavy atom. The fraction of sp³-hybridized carbons (Fsp3) is 0.636. The predicted octanol–water partition coefficient (Wildman–Crippen LogP) is 2.95. The standard InChI is InChI=1S/C11H19NS/c1-4-5-10-8-9(2)11(12-10)6-7-13-3/h8,11-12H,2,4-7H2,1,3H3/t11-/m0/s1. The molecule has 0 radical (unpaired) electrons. The first-order chi connectivity index (χ1) is 6.27. The Morgan fingerprint density at radius 3 is 3.00 bits per heavy atom. The van der Waals surface area contributed by atoms with Crippen LogP contribution in [0.25, 0.3) is 0 Å². The van der Waals surface area contributed by atoms with Crippen LogP contribution in [0.3, 0.4) is 0 Å².